The highest BCUT2D eigenvalue weighted by Crippen LogP contribution is 2.33. The van der Waals surface area contributed by atoms with Gasteiger partial charge in [-0.25, -0.2) is 4.99 Å². The topological polar surface area (TPSA) is 71.0 Å². The van der Waals surface area contributed by atoms with Crippen LogP contribution in [0.1, 0.15) is 18.9 Å². The maximum absolute atomic E-state index is 12.6. The first-order valence-corrected chi connectivity index (χ1v) is 10.4. The number of thioether (sulfide) groups is 1. The maximum Gasteiger partial charge on any atom is 0.242 e. The lowest BCUT2D eigenvalue weighted by atomic mass is 10.1. The van der Waals surface area contributed by atoms with Gasteiger partial charge in [0.25, 0.3) is 0 Å². The van der Waals surface area contributed by atoms with Gasteiger partial charge in [-0.2, -0.15) is 0 Å². The van der Waals surface area contributed by atoms with Crippen LogP contribution in [0.3, 0.4) is 0 Å². The highest BCUT2D eigenvalue weighted by Gasteiger charge is 2.37. The number of carbonyl (C=O) groups is 2. The molecule has 0 aromatic heterocycles. The molecule has 3 rings (SSSR count). The van der Waals surface area contributed by atoms with Crippen LogP contribution in [0, 0.1) is 0 Å². The second-order valence-electron chi connectivity index (χ2n) is 6.48. The van der Waals surface area contributed by atoms with Gasteiger partial charge >= 0.3 is 0 Å². The van der Waals surface area contributed by atoms with Crippen LogP contribution in [-0.4, -0.2) is 41.3 Å². The average molecular weight is 432 g/mol. The first-order chi connectivity index (χ1) is 13.9. The zero-order chi connectivity index (χ0) is 21.0. The largest absolute Gasteiger partial charge is 0.495 e. The molecule has 2 amide bonds. The van der Waals surface area contributed by atoms with Crippen molar-refractivity contribution in [2.24, 2.45) is 4.99 Å². The number of aryl methyl sites for hydroxylation is 1. The number of ether oxygens (including phenoxy) is 1. The Kier molecular flexibility index (Phi) is 6.82. The molecule has 1 N–H and O–H groups in total. The summed E-state index contributed by atoms with van der Waals surface area (Å²) in [5.41, 5.74) is 2.42. The standard InChI is InChI=1S/C21H22ClN3O3S/c1-4-13-7-5-6-8-15(13)24-21-25(2)20(27)18(29-21)12-19(26)23-16-11-14(22)9-10-17(16)28-3/h5-11,18H,4,12H2,1-3H3,(H,23,26). The average Bonchev–Trinajstić information content (AvgIpc) is 2.96. The van der Waals surface area contributed by atoms with Crippen molar-refractivity contribution < 1.29 is 14.3 Å². The van der Waals surface area contributed by atoms with Crippen molar-refractivity contribution in [2.75, 3.05) is 19.5 Å². The van der Waals surface area contributed by atoms with Crippen LogP contribution in [0.4, 0.5) is 11.4 Å². The highest BCUT2D eigenvalue weighted by atomic mass is 35.5. The number of amidine groups is 1. The minimum atomic E-state index is -0.530. The zero-order valence-corrected chi connectivity index (χ0v) is 18.0. The molecule has 0 radical (unpaired) electrons. The van der Waals surface area contributed by atoms with E-state index >= 15 is 0 Å². The van der Waals surface area contributed by atoms with E-state index < -0.39 is 5.25 Å². The number of hydrogen-bond acceptors (Lipinski definition) is 5. The molecule has 2 aromatic rings. The van der Waals surface area contributed by atoms with Gasteiger partial charge in [-0.05, 0) is 36.2 Å². The van der Waals surface area contributed by atoms with Crippen molar-refractivity contribution in [1.82, 2.24) is 4.90 Å². The number of para-hydroxylation sites is 1. The fourth-order valence-corrected chi connectivity index (χ4v) is 4.29. The van der Waals surface area contributed by atoms with E-state index in [0.29, 0.717) is 21.6 Å². The third kappa shape index (κ3) is 4.92. The van der Waals surface area contributed by atoms with E-state index in [2.05, 4.69) is 17.2 Å². The number of hydrogen-bond donors (Lipinski definition) is 1. The van der Waals surface area contributed by atoms with Crippen molar-refractivity contribution in [3.63, 3.8) is 0 Å². The number of nitrogens with zero attached hydrogens (tertiary/aromatic N) is 2. The molecular formula is C21H22ClN3O3S. The summed E-state index contributed by atoms with van der Waals surface area (Å²) in [4.78, 5) is 31.3. The van der Waals surface area contributed by atoms with E-state index in [4.69, 9.17) is 16.3 Å². The normalized spacial score (nSPS) is 17.7. The molecule has 1 unspecified atom stereocenters. The molecule has 1 saturated heterocycles. The molecule has 1 aliphatic rings. The number of aliphatic imine (C=N–C) groups is 1. The Balaban J connectivity index is 1.72. The predicted octanol–water partition coefficient (Wildman–Crippen LogP) is 4.50. The zero-order valence-electron chi connectivity index (χ0n) is 16.4. The Morgan fingerprint density at radius 3 is 2.79 bits per heavy atom. The van der Waals surface area contributed by atoms with Gasteiger partial charge in [0, 0.05) is 18.5 Å². The third-order valence-electron chi connectivity index (χ3n) is 4.54. The number of methoxy groups -OCH3 is 1. The predicted molar refractivity (Wildman–Crippen MR) is 118 cm³/mol. The Labute approximate surface area is 179 Å². The van der Waals surface area contributed by atoms with E-state index in [1.165, 1.54) is 23.8 Å². The van der Waals surface area contributed by atoms with Gasteiger partial charge in [0.2, 0.25) is 11.8 Å². The lowest BCUT2D eigenvalue weighted by Crippen LogP contribution is -2.30. The van der Waals surface area contributed by atoms with Gasteiger partial charge in [0.1, 0.15) is 11.0 Å². The van der Waals surface area contributed by atoms with Crippen molar-refractivity contribution in [2.45, 2.75) is 25.0 Å². The minimum absolute atomic E-state index is 0.0257. The third-order valence-corrected chi connectivity index (χ3v) is 6.00. The van der Waals surface area contributed by atoms with Gasteiger partial charge in [-0.15, -0.1) is 0 Å². The van der Waals surface area contributed by atoms with E-state index in [1.54, 1.807) is 25.2 Å². The molecule has 1 heterocycles. The molecule has 1 atom stereocenters. The Morgan fingerprint density at radius 1 is 1.31 bits per heavy atom. The number of benzene rings is 2. The number of amides is 2. The smallest absolute Gasteiger partial charge is 0.242 e. The van der Waals surface area contributed by atoms with Crippen molar-refractivity contribution >= 4 is 51.7 Å². The molecule has 8 heteroatoms. The minimum Gasteiger partial charge on any atom is -0.495 e. The van der Waals surface area contributed by atoms with Gasteiger partial charge in [0.05, 0.1) is 18.5 Å². The molecule has 0 aliphatic carbocycles. The van der Waals surface area contributed by atoms with Crippen molar-refractivity contribution in [3.05, 3.63) is 53.1 Å². The number of halogens is 1. The Morgan fingerprint density at radius 2 is 2.07 bits per heavy atom. The summed E-state index contributed by atoms with van der Waals surface area (Å²) in [6.45, 7) is 2.06. The fourth-order valence-electron chi connectivity index (χ4n) is 2.97. The summed E-state index contributed by atoms with van der Waals surface area (Å²) in [6, 6.07) is 12.8. The SMILES string of the molecule is CCc1ccccc1N=C1SC(CC(=O)Nc2cc(Cl)ccc2OC)C(=O)N1C. The summed E-state index contributed by atoms with van der Waals surface area (Å²) in [7, 11) is 3.20. The molecule has 2 aromatic carbocycles. The van der Waals surface area contributed by atoms with Crippen LogP contribution in [0.15, 0.2) is 47.5 Å². The molecule has 0 bridgehead atoms. The summed E-state index contributed by atoms with van der Waals surface area (Å²) in [6.07, 6.45) is 0.876. The summed E-state index contributed by atoms with van der Waals surface area (Å²) < 4.78 is 5.24. The summed E-state index contributed by atoms with van der Waals surface area (Å²) in [5, 5.41) is 3.32. The first kappa shape index (κ1) is 21.2. The number of nitrogens with one attached hydrogen (secondary N) is 1. The van der Waals surface area contributed by atoms with Crippen LogP contribution in [-0.2, 0) is 16.0 Å². The molecule has 152 valence electrons. The summed E-state index contributed by atoms with van der Waals surface area (Å²) in [5.74, 6) is 0.0691. The Hall–Kier alpha value is -2.51. The first-order valence-electron chi connectivity index (χ1n) is 9.17. The van der Waals surface area contributed by atoms with E-state index in [0.717, 1.165) is 17.7 Å². The lowest BCUT2D eigenvalue weighted by molar-refractivity contribution is -0.127. The van der Waals surface area contributed by atoms with E-state index in [1.807, 2.05) is 24.3 Å². The van der Waals surface area contributed by atoms with Gasteiger partial charge in [-0.1, -0.05) is 48.5 Å². The fraction of sp³-hybridized carbons (Fsp3) is 0.286. The second kappa shape index (κ2) is 9.33. The molecule has 6 nitrogen and oxygen atoms in total. The molecule has 0 spiro atoms. The van der Waals surface area contributed by atoms with Crippen LogP contribution >= 0.6 is 23.4 Å². The van der Waals surface area contributed by atoms with Crippen LogP contribution in [0.5, 0.6) is 5.75 Å². The monoisotopic (exact) mass is 431 g/mol. The Bertz CT molecular complexity index is 964. The second-order valence-corrected chi connectivity index (χ2v) is 8.08. The summed E-state index contributed by atoms with van der Waals surface area (Å²) >= 11 is 7.30. The maximum atomic E-state index is 12.6. The van der Waals surface area contributed by atoms with Gasteiger partial charge in [0.15, 0.2) is 5.17 Å². The molecule has 29 heavy (non-hydrogen) atoms. The molecule has 1 aliphatic heterocycles. The highest BCUT2D eigenvalue weighted by molar-refractivity contribution is 8.15. The molecule has 1 fully saturated rings. The van der Waals surface area contributed by atoms with Crippen molar-refractivity contribution in [3.8, 4) is 5.75 Å². The molecule has 0 saturated carbocycles. The number of rotatable bonds is 6. The van der Waals surface area contributed by atoms with Gasteiger partial charge in [-0.3, -0.25) is 14.5 Å². The van der Waals surface area contributed by atoms with E-state index in [-0.39, 0.29) is 18.2 Å². The van der Waals surface area contributed by atoms with Crippen molar-refractivity contribution in [1.29, 1.82) is 0 Å². The van der Waals surface area contributed by atoms with Crippen LogP contribution in [0.25, 0.3) is 0 Å². The van der Waals surface area contributed by atoms with Gasteiger partial charge < -0.3 is 10.1 Å². The lowest BCUT2D eigenvalue weighted by Gasteiger charge is -2.12. The molecular weight excluding hydrogens is 410 g/mol. The quantitative estimate of drug-likeness (QED) is 0.730. The van der Waals surface area contributed by atoms with Crippen LogP contribution < -0.4 is 10.1 Å². The van der Waals surface area contributed by atoms with Crippen LogP contribution in [0.2, 0.25) is 5.02 Å². The number of anilines is 1. The van der Waals surface area contributed by atoms with E-state index in [9.17, 15) is 9.59 Å². The number of carbonyl (C=O) groups excluding carboxylic acids is 2.